The number of rotatable bonds is 1. The van der Waals surface area contributed by atoms with Gasteiger partial charge in [-0.1, -0.05) is 17.5 Å². The van der Waals surface area contributed by atoms with Gasteiger partial charge in [0.25, 0.3) is 0 Å². The number of aliphatic hydroxyl groups is 1. The number of carbonyl (C=O) groups is 1. The van der Waals surface area contributed by atoms with Gasteiger partial charge in [-0.3, -0.25) is 4.79 Å². The molecule has 0 saturated heterocycles. The molecule has 0 aliphatic carbocycles. The summed E-state index contributed by atoms with van der Waals surface area (Å²) >= 11 is 0. The van der Waals surface area contributed by atoms with Crippen LogP contribution in [0.25, 0.3) is 43.6 Å². The van der Waals surface area contributed by atoms with Gasteiger partial charge in [0.15, 0.2) is 5.78 Å². The van der Waals surface area contributed by atoms with E-state index in [1.165, 1.54) is 36.1 Å². The van der Waals surface area contributed by atoms with E-state index in [1.54, 1.807) is 6.20 Å². The van der Waals surface area contributed by atoms with Crippen LogP contribution in [0.2, 0.25) is 0 Å². The fourth-order valence-corrected chi connectivity index (χ4v) is 3.33. The summed E-state index contributed by atoms with van der Waals surface area (Å²) in [6.07, 6.45) is 2.97. The summed E-state index contributed by atoms with van der Waals surface area (Å²) in [4.78, 5) is 14.6. The first-order valence-corrected chi connectivity index (χ1v) is 8.26. The van der Waals surface area contributed by atoms with E-state index < -0.39 is 0 Å². The average molecular weight is 535 g/mol. The molecule has 0 atom stereocenters. The number of carbonyl (C=O) groups excluding carboxylic acids is 1. The van der Waals surface area contributed by atoms with Gasteiger partial charge in [0.05, 0.1) is 5.76 Å². The van der Waals surface area contributed by atoms with E-state index >= 15 is 0 Å². The Morgan fingerprint density at radius 3 is 2.52 bits per heavy atom. The summed E-state index contributed by atoms with van der Waals surface area (Å²) in [5, 5.41) is 14.1. The zero-order valence-corrected chi connectivity index (χ0v) is 17.1. The third kappa shape index (κ3) is 3.32. The second kappa shape index (κ2) is 7.47. The van der Waals surface area contributed by atoms with Gasteiger partial charge < -0.3 is 14.5 Å². The van der Waals surface area contributed by atoms with Gasteiger partial charge >= 0.3 is 0 Å². The van der Waals surface area contributed by atoms with Crippen molar-refractivity contribution in [2.45, 2.75) is 13.8 Å². The Morgan fingerprint density at radius 1 is 1.07 bits per heavy atom. The van der Waals surface area contributed by atoms with Crippen LogP contribution in [0.1, 0.15) is 13.8 Å². The maximum atomic E-state index is 10.0. The number of ketones is 1. The number of aliphatic hydroxyl groups excluding tert-OH is 1. The second-order valence-corrected chi connectivity index (χ2v) is 6.17. The van der Waals surface area contributed by atoms with E-state index in [0.29, 0.717) is 0 Å². The zero-order chi connectivity index (χ0) is 18.3. The van der Waals surface area contributed by atoms with Crippen LogP contribution < -0.4 is 0 Å². The Labute approximate surface area is 169 Å². The van der Waals surface area contributed by atoms with Gasteiger partial charge in [0.1, 0.15) is 11.2 Å². The number of benzene rings is 3. The molecule has 2 aromatic heterocycles. The molecule has 137 valence electrons. The maximum absolute atomic E-state index is 10.0. The quantitative estimate of drug-likeness (QED) is 0.132. The van der Waals surface area contributed by atoms with Crippen LogP contribution in [0, 0.1) is 6.07 Å². The molecule has 0 spiro atoms. The molecule has 5 rings (SSSR count). The van der Waals surface area contributed by atoms with Crippen molar-refractivity contribution in [3.05, 3.63) is 66.6 Å². The number of allylic oxidation sites excluding steroid dienone is 2. The van der Waals surface area contributed by atoms with Crippen LogP contribution in [0.4, 0.5) is 0 Å². The van der Waals surface area contributed by atoms with Crippen LogP contribution in [0.15, 0.2) is 64.9 Å². The van der Waals surface area contributed by atoms with Crippen molar-refractivity contribution in [3.8, 4) is 0 Å². The number of nitrogens with zero attached hydrogens (tertiary/aromatic N) is 1. The minimum Gasteiger partial charge on any atom is -0.512 e. The topological polar surface area (TPSA) is 63.3 Å². The summed E-state index contributed by atoms with van der Waals surface area (Å²) < 4.78 is 5.93. The zero-order valence-electron chi connectivity index (χ0n) is 14.7. The van der Waals surface area contributed by atoms with Crippen LogP contribution in [-0.2, 0) is 24.9 Å². The smallest absolute Gasteiger partial charge is 0.155 e. The van der Waals surface area contributed by atoms with Gasteiger partial charge in [0, 0.05) is 48.7 Å². The molecule has 0 saturated carbocycles. The van der Waals surface area contributed by atoms with Crippen molar-refractivity contribution in [3.63, 3.8) is 0 Å². The van der Waals surface area contributed by atoms with Crippen molar-refractivity contribution in [2.24, 2.45) is 0 Å². The largest absolute Gasteiger partial charge is 0.512 e. The molecular formula is C22H16IrNO3-. The summed E-state index contributed by atoms with van der Waals surface area (Å²) in [5.74, 6) is -0.0625. The van der Waals surface area contributed by atoms with Crippen molar-refractivity contribution < 1.29 is 34.4 Å². The Hall–Kier alpha value is -2.75. The second-order valence-electron chi connectivity index (χ2n) is 6.17. The number of pyridine rings is 1. The summed E-state index contributed by atoms with van der Waals surface area (Å²) in [6, 6.07) is 17.5. The van der Waals surface area contributed by atoms with Gasteiger partial charge in [0.2, 0.25) is 0 Å². The predicted molar refractivity (Wildman–Crippen MR) is 104 cm³/mol. The van der Waals surface area contributed by atoms with Gasteiger partial charge in [-0.15, -0.1) is 29.7 Å². The Balaban J connectivity index is 0.000000230. The monoisotopic (exact) mass is 535 g/mol. The van der Waals surface area contributed by atoms with Crippen LogP contribution in [0.3, 0.4) is 0 Å². The Bertz CT molecular complexity index is 1200. The summed E-state index contributed by atoms with van der Waals surface area (Å²) in [6.45, 7) is 2.85. The maximum Gasteiger partial charge on any atom is 0.155 e. The number of hydrogen-bond acceptors (Lipinski definition) is 4. The van der Waals surface area contributed by atoms with E-state index in [-0.39, 0.29) is 31.6 Å². The molecule has 5 aromatic rings. The molecule has 0 amide bonds. The standard InChI is InChI=1S/C17H8NO.C5H8O2.Ir/c1-2-5-12-10(4-1)11-6-3-7-13-15(11)16-14(19-13)8-9-18-17(12)16;1-4(6)3-5(2)7;/h1-4,6-9H;3,6H,1-2H3;/q-1;;/b;4-3-;. The van der Waals surface area contributed by atoms with Gasteiger partial charge in [-0.2, -0.15) is 0 Å². The van der Waals surface area contributed by atoms with Crippen molar-refractivity contribution >= 4 is 49.4 Å². The molecule has 0 unspecified atom stereocenters. The summed E-state index contributed by atoms with van der Waals surface area (Å²) in [5.41, 5.74) is 2.80. The van der Waals surface area contributed by atoms with E-state index in [2.05, 4.69) is 23.2 Å². The predicted octanol–water partition coefficient (Wildman–Crippen LogP) is 5.56. The van der Waals surface area contributed by atoms with Gasteiger partial charge in [-0.25, -0.2) is 0 Å². The first kappa shape index (κ1) is 19.0. The van der Waals surface area contributed by atoms with E-state index in [1.807, 2.05) is 30.3 Å². The molecule has 0 aliphatic heterocycles. The first-order valence-electron chi connectivity index (χ1n) is 8.26. The Morgan fingerprint density at radius 2 is 1.81 bits per heavy atom. The van der Waals surface area contributed by atoms with E-state index in [0.717, 1.165) is 27.5 Å². The number of aromatic nitrogens is 1. The summed E-state index contributed by atoms with van der Waals surface area (Å²) in [7, 11) is 0. The molecule has 1 radical (unpaired) electrons. The number of hydrogen-bond donors (Lipinski definition) is 1. The third-order valence-corrected chi connectivity index (χ3v) is 4.20. The van der Waals surface area contributed by atoms with Gasteiger partial charge in [-0.05, 0) is 31.4 Å². The van der Waals surface area contributed by atoms with Crippen LogP contribution in [-0.4, -0.2) is 15.9 Å². The minimum atomic E-state index is -0.125. The molecule has 0 fully saturated rings. The third-order valence-electron chi connectivity index (χ3n) is 4.20. The number of fused-ring (bicyclic) bond motifs is 3. The van der Waals surface area contributed by atoms with Crippen molar-refractivity contribution in [2.75, 3.05) is 0 Å². The van der Waals surface area contributed by atoms with E-state index in [4.69, 9.17) is 9.52 Å². The molecule has 3 aromatic carbocycles. The van der Waals surface area contributed by atoms with Crippen molar-refractivity contribution in [1.82, 2.24) is 4.98 Å². The first-order chi connectivity index (χ1) is 12.6. The molecule has 27 heavy (non-hydrogen) atoms. The number of furan rings is 1. The normalized spacial score (nSPS) is 11.6. The molecule has 0 aliphatic rings. The molecule has 1 N–H and O–H groups in total. The SMILES string of the molecule is CC(=O)/C=C(/C)O.[Ir].[c-]1cccc2c1c1nccc3oc4cccc2c4c31. The Kier molecular flexibility index (Phi) is 5.26. The molecule has 2 heterocycles. The fourth-order valence-electron chi connectivity index (χ4n) is 3.33. The average Bonchev–Trinajstić information content (AvgIpc) is 3.00. The minimum absolute atomic E-state index is 0. The molecule has 5 heteroatoms. The van der Waals surface area contributed by atoms with Crippen LogP contribution in [0.5, 0.6) is 0 Å². The fraction of sp³-hybridized carbons (Fsp3) is 0.0909. The van der Waals surface area contributed by atoms with Crippen molar-refractivity contribution in [1.29, 1.82) is 0 Å². The molecule has 4 nitrogen and oxygen atoms in total. The van der Waals surface area contributed by atoms with Crippen LogP contribution >= 0.6 is 0 Å². The molecular weight excluding hydrogens is 518 g/mol. The van der Waals surface area contributed by atoms with E-state index in [9.17, 15) is 4.79 Å². The molecule has 0 bridgehead atoms.